The summed E-state index contributed by atoms with van der Waals surface area (Å²) in [5.74, 6) is -0.279. The molecule has 2 aliphatic rings. The van der Waals surface area contributed by atoms with Crippen LogP contribution >= 0.6 is 0 Å². The van der Waals surface area contributed by atoms with Crippen LogP contribution < -0.4 is 11.1 Å². The van der Waals surface area contributed by atoms with E-state index in [-0.39, 0.29) is 17.3 Å². The highest BCUT2D eigenvalue weighted by molar-refractivity contribution is 5.94. The number of nitrogens with zero attached hydrogens (tertiary/aromatic N) is 1. The van der Waals surface area contributed by atoms with Gasteiger partial charge in [0.25, 0.3) is 0 Å². The van der Waals surface area contributed by atoms with E-state index < -0.39 is 0 Å². The topological polar surface area (TPSA) is 67.6 Å². The minimum absolute atomic E-state index is 0.133. The van der Waals surface area contributed by atoms with Gasteiger partial charge in [0, 0.05) is 19.7 Å². The van der Waals surface area contributed by atoms with Crippen molar-refractivity contribution < 1.29 is 13.9 Å². The van der Waals surface area contributed by atoms with E-state index in [0.717, 1.165) is 56.7 Å². The third kappa shape index (κ3) is 3.76. The Hall–Kier alpha value is -2.60. The number of ether oxygens (including phenoxy) is 1. The van der Waals surface area contributed by atoms with Crippen molar-refractivity contribution in [2.45, 2.75) is 19.3 Å². The van der Waals surface area contributed by atoms with Crippen LogP contribution in [0.25, 0.3) is 11.1 Å². The first kappa shape index (κ1) is 17.8. The van der Waals surface area contributed by atoms with Gasteiger partial charge in [-0.15, -0.1) is 0 Å². The van der Waals surface area contributed by atoms with E-state index in [1.54, 1.807) is 18.2 Å². The fraction of sp³-hybridized carbons (Fsp3) is 0.381. The molecule has 2 heterocycles. The molecule has 2 fully saturated rings. The smallest absolute Gasteiger partial charge is 0.321 e. The summed E-state index contributed by atoms with van der Waals surface area (Å²) in [6, 6.07) is 11.6. The molecule has 2 aliphatic heterocycles. The van der Waals surface area contributed by atoms with E-state index in [1.165, 1.54) is 12.1 Å². The van der Waals surface area contributed by atoms with Gasteiger partial charge in [-0.1, -0.05) is 18.2 Å². The number of rotatable bonds is 2. The second kappa shape index (κ2) is 7.19. The Morgan fingerprint density at radius 2 is 1.78 bits per heavy atom. The van der Waals surface area contributed by atoms with Crippen LogP contribution in [0.4, 0.5) is 20.6 Å². The lowest BCUT2D eigenvalue weighted by Gasteiger charge is -2.38. The number of hydrogen-bond acceptors (Lipinski definition) is 3. The number of carbonyl (C=O) groups is 1. The molecular weight excluding hydrogens is 345 g/mol. The van der Waals surface area contributed by atoms with Crippen LogP contribution in [0.1, 0.15) is 19.3 Å². The van der Waals surface area contributed by atoms with Gasteiger partial charge in [0.2, 0.25) is 0 Å². The first-order valence-electron chi connectivity index (χ1n) is 9.34. The van der Waals surface area contributed by atoms with E-state index in [2.05, 4.69) is 5.32 Å². The number of hydrogen-bond donors (Lipinski definition) is 2. The van der Waals surface area contributed by atoms with Crippen molar-refractivity contribution in [3.8, 4) is 11.1 Å². The van der Waals surface area contributed by atoms with Gasteiger partial charge in [-0.3, -0.25) is 0 Å². The van der Waals surface area contributed by atoms with Crippen molar-refractivity contribution in [3.05, 3.63) is 48.3 Å². The molecule has 6 heteroatoms. The lowest BCUT2D eigenvalue weighted by Crippen LogP contribution is -2.45. The number of amides is 2. The maximum absolute atomic E-state index is 13.1. The molecule has 27 heavy (non-hydrogen) atoms. The van der Waals surface area contributed by atoms with Crippen molar-refractivity contribution in [1.29, 1.82) is 0 Å². The lowest BCUT2D eigenvalue weighted by atomic mass is 9.78. The molecule has 0 aliphatic carbocycles. The second-order valence-electron chi connectivity index (χ2n) is 7.53. The number of piperidine rings is 1. The van der Waals surface area contributed by atoms with E-state index >= 15 is 0 Å². The zero-order chi connectivity index (χ0) is 18.9. The summed E-state index contributed by atoms with van der Waals surface area (Å²) in [5, 5.41) is 2.94. The molecule has 2 aromatic carbocycles. The first-order valence-corrected chi connectivity index (χ1v) is 9.34. The summed E-state index contributed by atoms with van der Waals surface area (Å²) >= 11 is 0. The lowest BCUT2D eigenvalue weighted by molar-refractivity contribution is 0.0947. The molecule has 2 amide bonds. The summed E-state index contributed by atoms with van der Waals surface area (Å²) in [7, 11) is 0. The molecule has 2 aromatic rings. The average Bonchev–Trinajstić information content (AvgIpc) is 3.13. The van der Waals surface area contributed by atoms with Crippen LogP contribution in [0.15, 0.2) is 42.5 Å². The molecule has 1 spiro atoms. The molecule has 0 radical (unpaired) electrons. The van der Waals surface area contributed by atoms with Crippen LogP contribution in [0.5, 0.6) is 0 Å². The van der Waals surface area contributed by atoms with Crippen molar-refractivity contribution in [2.75, 3.05) is 37.4 Å². The third-order valence-electron chi connectivity index (χ3n) is 5.77. The van der Waals surface area contributed by atoms with Crippen molar-refractivity contribution in [1.82, 2.24) is 4.90 Å². The van der Waals surface area contributed by atoms with Gasteiger partial charge < -0.3 is 20.7 Å². The number of nitrogen functional groups attached to an aromatic ring is 1. The highest BCUT2D eigenvalue weighted by Crippen LogP contribution is 2.39. The molecule has 0 atom stereocenters. The highest BCUT2D eigenvalue weighted by Gasteiger charge is 2.39. The summed E-state index contributed by atoms with van der Waals surface area (Å²) in [4.78, 5) is 14.5. The molecular formula is C21H24FN3O2. The predicted molar refractivity (Wildman–Crippen MR) is 104 cm³/mol. The SMILES string of the molecule is Nc1ccc(-c2ccc(F)cc2)cc1NC(=O)N1CCC2(CCOC2)CC1. The van der Waals surface area contributed by atoms with E-state index in [0.29, 0.717) is 11.4 Å². The number of likely N-dealkylation sites (tertiary alicyclic amines) is 1. The van der Waals surface area contributed by atoms with E-state index in [9.17, 15) is 9.18 Å². The van der Waals surface area contributed by atoms with Crippen molar-refractivity contribution >= 4 is 17.4 Å². The van der Waals surface area contributed by atoms with Crippen molar-refractivity contribution in [2.24, 2.45) is 5.41 Å². The van der Waals surface area contributed by atoms with Gasteiger partial charge >= 0.3 is 6.03 Å². The zero-order valence-corrected chi connectivity index (χ0v) is 15.2. The molecule has 5 nitrogen and oxygen atoms in total. The van der Waals surface area contributed by atoms with Gasteiger partial charge in [0.15, 0.2) is 0 Å². The molecule has 0 unspecified atom stereocenters. The van der Waals surface area contributed by atoms with Crippen LogP contribution in [-0.4, -0.2) is 37.2 Å². The van der Waals surface area contributed by atoms with Crippen LogP contribution in [-0.2, 0) is 4.74 Å². The molecule has 142 valence electrons. The Bertz CT molecular complexity index is 822. The maximum Gasteiger partial charge on any atom is 0.321 e. The predicted octanol–water partition coefficient (Wildman–Crippen LogP) is 4.11. The highest BCUT2D eigenvalue weighted by atomic mass is 19.1. The quantitative estimate of drug-likeness (QED) is 0.783. The van der Waals surface area contributed by atoms with Gasteiger partial charge in [0.05, 0.1) is 18.0 Å². The molecule has 3 N–H and O–H groups in total. The monoisotopic (exact) mass is 369 g/mol. The molecule has 0 bridgehead atoms. The minimum atomic E-state index is -0.279. The standard InChI is InChI=1S/C21H24FN3O2/c22-17-4-1-15(2-5-17)16-3-6-18(23)19(13-16)24-20(26)25-10-7-21(8-11-25)9-12-27-14-21/h1-6,13H,7-12,14,23H2,(H,24,26). The summed E-state index contributed by atoms with van der Waals surface area (Å²) in [6.45, 7) is 3.10. The van der Waals surface area contributed by atoms with Gasteiger partial charge in [-0.25, -0.2) is 9.18 Å². The van der Waals surface area contributed by atoms with Gasteiger partial charge in [-0.05, 0) is 60.1 Å². The summed E-state index contributed by atoms with van der Waals surface area (Å²) in [5.41, 5.74) is 9.14. The van der Waals surface area contributed by atoms with E-state index in [4.69, 9.17) is 10.5 Å². The number of benzene rings is 2. The number of nitrogens with one attached hydrogen (secondary N) is 1. The Morgan fingerprint density at radius 3 is 2.44 bits per heavy atom. The fourth-order valence-electron chi connectivity index (χ4n) is 3.91. The minimum Gasteiger partial charge on any atom is -0.397 e. The van der Waals surface area contributed by atoms with Gasteiger partial charge in [-0.2, -0.15) is 0 Å². The fourth-order valence-corrected chi connectivity index (χ4v) is 3.91. The Balaban J connectivity index is 1.45. The number of carbonyl (C=O) groups excluding carboxylic acids is 1. The molecule has 4 rings (SSSR count). The Labute approximate surface area is 158 Å². The zero-order valence-electron chi connectivity index (χ0n) is 15.2. The number of nitrogens with two attached hydrogens (primary N) is 1. The van der Waals surface area contributed by atoms with Gasteiger partial charge in [0.1, 0.15) is 5.82 Å². The first-order chi connectivity index (χ1) is 13.0. The number of halogens is 1. The third-order valence-corrected chi connectivity index (χ3v) is 5.77. The summed E-state index contributed by atoms with van der Waals surface area (Å²) < 4.78 is 18.7. The number of urea groups is 1. The Kier molecular flexibility index (Phi) is 4.74. The molecule has 2 saturated heterocycles. The average molecular weight is 369 g/mol. The largest absolute Gasteiger partial charge is 0.397 e. The second-order valence-corrected chi connectivity index (χ2v) is 7.53. The molecule has 0 saturated carbocycles. The van der Waals surface area contributed by atoms with Crippen LogP contribution in [0, 0.1) is 11.2 Å². The normalized spacial score (nSPS) is 18.6. The van der Waals surface area contributed by atoms with Crippen molar-refractivity contribution in [3.63, 3.8) is 0 Å². The van der Waals surface area contributed by atoms with Crippen LogP contribution in [0.3, 0.4) is 0 Å². The van der Waals surface area contributed by atoms with Crippen LogP contribution in [0.2, 0.25) is 0 Å². The maximum atomic E-state index is 13.1. The summed E-state index contributed by atoms with van der Waals surface area (Å²) in [6.07, 6.45) is 3.05. The Morgan fingerprint density at radius 1 is 1.07 bits per heavy atom. The molecule has 0 aromatic heterocycles. The number of anilines is 2. The van der Waals surface area contributed by atoms with E-state index in [1.807, 2.05) is 17.0 Å².